The summed E-state index contributed by atoms with van der Waals surface area (Å²) < 4.78 is 3.68. The predicted octanol–water partition coefficient (Wildman–Crippen LogP) is 4.24. The third-order valence-corrected chi connectivity index (χ3v) is 11.2. The van der Waals surface area contributed by atoms with Crippen LogP contribution < -0.4 is 0 Å². The molecule has 7 rings (SSSR count). The minimum Gasteiger partial charge on any atom is -0.393 e. The number of imidazole rings is 1. The lowest BCUT2D eigenvalue weighted by Crippen LogP contribution is -2.54. The lowest BCUT2D eigenvalue weighted by Gasteiger charge is -2.60. The lowest BCUT2D eigenvalue weighted by atomic mass is 9.45. The summed E-state index contributed by atoms with van der Waals surface area (Å²) in [6.45, 7) is 5.15. The van der Waals surface area contributed by atoms with Crippen molar-refractivity contribution in [3.63, 3.8) is 0 Å². The topological polar surface area (TPSA) is 112 Å². The van der Waals surface area contributed by atoms with Gasteiger partial charge in [0, 0.05) is 5.41 Å². The van der Waals surface area contributed by atoms with Crippen molar-refractivity contribution in [2.75, 3.05) is 0 Å². The van der Waals surface area contributed by atoms with E-state index in [9.17, 15) is 9.90 Å². The van der Waals surface area contributed by atoms with Crippen LogP contribution in [0.5, 0.6) is 0 Å². The maximum atomic E-state index is 13.9. The summed E-state index contributed by atoms with van der Waals surface area (Å²) >= 11 is 6.15. The Balaban J connectivity index is 1.13. The second-order valence-electron chi connectivity index (χ2n) is 12.6. The van der Waals surface area contributed by atoms with E-state index in [0.717, 1.165) is 44.2 Å². The standard InChI is InChI=1S/C27H34ClN7O2/c1-26-7-5-17(36)9-15(26)3-4-18-19(26)6-8-27(2)20(18)10-21(23(27)37)35-12-16(32-33-35)11-34-14-31-22-24(28)29-13-30-25(22)34/h12-15,17-21,36H,3-11H2,1-2H3/t15-,17-,18+,19-,20-,21-,26-,27-/m0/s1. The van der Waals surface area contributed by atoms with Crippen LogP contribution >= 0.6 is 11.6 Å². The predicted molar refractivity (Wildman–Crippen MR) is 137 cm³/mol. The number of aliphatic hydroxyl groups is 1. The minimum atomic E-state index is -0.288. The number of halogens is 1. The molecule has 4 saturated carbocycles. The highest BCUT2D eigenvalue weighted by Gasteiger charge is 2.62. The number of hydrogen-bond donors (Lipinski definition) is 1. The number of rotatable bonds is 3. The fourth-order valence-electron chi connectivity index (χ4n) is 8.93. The van der Waals surface area contributed by atoms with Crippen LogP contribution in [0.25, 0.3) is 11.2 Å². The van der Waals surface area contributed by atoms with Gasteiger partial charge in [-0.2, -0.15) is 0 Å². The van der Waals surface area contributed by atoms with Gasteiger partial charge in [-0.25, -0.2) is 19.6 Å². The molecule has 1 N–H and O–H groups in total. The van der Waals surface area contributed by atoms with E-state index in [1.54, 1.807) is 6.33 Å². The molecule has 8 atom stereocenters. The van der Waals surface area contributed by atoms with Crippen LogP contribution in [0.1, 0.15) is 76.9 Å². The number of ketones is 1. The Morgan fingerprint density at radius 1 is 1.08 bits per heavy atom. The van der Waals surface area contributed by atoms with E-state index in [1.165, 1.54) is 19.2 Å². The molecule has 0 aliphatic heterocycles. The van der Waals surface area contributed by atoms with Crippen LogP contribution in [0.4, 0.5) is 0 Å². The Morgan fingerprint density at radius 2 is 1.95 bits per heavy atom. The normalized spacial score (nSPS) is 39.4. The molecule has 0 spiro atoms. The molecule has 0 unspecified atom stereocenters. The second kappa shape index (κ2) is 8.30. The monoisotopic (exact) mass is 523 g/mol. The van der Waals surface area contributed by atoms with Crippen molar-refractivity contribution in [2.45, 2.75) is 83.9 Å². The summed E-state index contributed by atoms with van der Waals surface area (Å²) in [6.07, 6.45) is 13.2. The van der Waals surface area contributed by atoms with Crippen LogP contribution in [0.3, 0.4) is 0 Å². The first-order valence-electron chi connectivity index (χ1n) is 13.7. The van der Waals surface area contributed by atoms with Gasteiger partial charge in [0.15, 0.2) is 16.6 Å². The van der Waals surface area contributed by atoms with Crippen molar-refractivity contribution in [1.82, 2.24) is 34.5 Å². The quantitative estimate of drug-likeness (QED) is 0.511. The molecule has 0 saturated heterocycles. The van der Waals surface area contributed by atoms with E-state index in [1.807, 2.05) is 15.4 Å². The Labute approximate surface area is 221 Å². The van der Waals surface area contributed by atoms with Gasteiger partial charge < -0.3 is 9.67 Å². The summed E-state index contributed by atoms with van der Waals surface area (Å²) in [5.41, 5.74) is 1.98. The molecule has 10 heteroatoms. The van der Waals surface area contributed by atoms with E-state index in [0.29, 0.717) is 57.7 Å². The first-order valence-corrected chi connectivity index (χ1v) is 14.1. The van der Waals surface area contributed by atoms with E-state index in [4.69, 9.17) is 11.6 Å². The van der Waals surface area contributed by atoms with Gasteiger partial charge in [0.2, 0.25) is 0 Å². The highest BCUT2D eigenvalue weighted by molar-refractivity contribution is 6.33. The molecule has 0 amide bonds. The summed E-state index contributed by atoms with van der Waals surface area (Å²) in [4.78, 5) is 26.5. The molecule has 4 aliphatic carbocycles. The SMILES string of the molecule is C[C@]12CC[C@H](O)C[C@@H]1CC[C@@H]1[C@@H]2CC[C@]2(C)C(=O)[C@@H](n3cc(Cn4cnc5c(Cl)ncnc54)nn3)C[C@@H]12. The molecule has 3 heterocycles. The molecule has 0 radical (unpaired) electrons. The van der Waals surface area contributed by atoms with Crippen LogP contribution in [0.2, 0.25) is 5.15 Å². The average Bonchev–Trinajstić information content (AvgIpc) is 3.58. The van der Waals surface area contributed by atoms with Gasteiger partial charge in [-0.3, -0.25) is 4.79 Å². The van der Waals surface area contributed by atoms with Crippen molar-refractivity contribution in [2.24, 2.45) is 34.5 Å². The molecule has 4 aliphatic rings. The Hall–Kier alpha value is -2.39. The lowest BCUT2D eigenvalue weighted by molar-refractivity contribution is -0.143. The van der Waals surface area contributed by atoms with Crippen molar-refractivity contribution < 1.29 is 9.90 Å². The first-order chi connectivity index (χ1) is 17.8. The molecule has 3 aromatic heterocycles. The molecule has 4 fully saturated rings. The van der Waals surface area contributed by atoms with E-state index >= 15 is 0 Å². The molecular formula is C27H34ClN7O2. The highest BCUT2D eigenvalue weighted by atomic mass is 35.5. The maximum Gasteiger partial charge on any atom is 0.165 e. The summed E-state index contributed by atoms with van der Waals surface area (Å²) in [5, 5.41) is 19.5. The maximum absolute atomic E-state index is 13.9. The zero-order valence-corrected chi connectivity index (χ0v) is 22.2. The van der Waals surface area contributed by atoms with E-state index in [-0.39, 0.29) is 17.6 Å². The van der Waals surface area contributed by atoms with Crippen LogP contribution in [-0.2, 0) is 11.3 Å². The minimum absolute atomic E-state index is 0.132. The summed E-state index contributed by atoms with van der Waals surface area (Å²) in [7, 11) is 0. The number of carbonyl (C=O) groups excluding carboxylic acids is 1. The average molecular weight is 524 g/mol. The molecule has 9 nitrogen and oxygen atoms in total. The van der Waals surface area contributed by atoms with Gasteiger partial charge >= 0.3 is 0 Å². The fraction of sp³-hybridized carbons (Fsp3) is 0.704. The number of Topliss-reactive ketones (excluding diaryl/α,β-unsaturated/α-hetero) is 1. The molecular weight excluding hydrogens is 490 g/mol. The zero-order valence-electron chi connectivity index (χ0n) is 21.4. The van der Waals surface area contributed by atoms with Crippen molar-refractivity contribution in [1.29, 1.82) is 0 Å². The number of carbonyl (C=O) groups is 1. The Bertz CT molecular complexity index is 1370. The fourth-order valence-corrected chi connectivity index (χ4v) is 9.11. The first kappa shape index (κ1) is 23.7. The molecule has 0 aromatic carbocycles. The third-order valence-electron chi connectivity index (χ3n) is 10.9. The van der Waals surface area contributed by atoms with Crippen molar-refractivity contribution in [3.8, 4) is 0 Å². The van der Waals surface area contributed by atoms with Crippen molar-refractivity contribution in [3.05, 3.63) is 29.7 Å². The van der Waals surface area contributed by atoms with Gasteiger partial charge in [-0.05, 0) is 80.5 Å². The smallest absolute Gasteiger partial charge is 0.165 e. The summed E-state index contributed by atoms with van der Waals surface area (Å²) in [6, 6.07) is -0.259. The summed E-state index contributed by atoms with van der Waals surface area (Å²) in [5.74, 6) is 2.56. The van der Waals surface area contributed by atoms with E-state index < -0.39 is 0 Å². The van der Waals surface area contributed by atoms with Gasteiger partial charge in [0.05, 0.1) is 25.2 Å². The van der Waals surface area contributed by atoms with Gasteiger partial charge in [0.1, 0.15) is 23.6 Å². The zero-order chi connectivity index (χ0) is 25.5. The second-order valence-corrected chi connectivity index (χ2v) is 12.9. The number of fused-ring (bicyclic) bond motifs is 6. The number of hydrogen-bond acceptors (Lipinski definition) is 7. The molecule has 3 aromatic rings. The van der Waals surface area contributed by atoms with Crippen molar-refractivity contribution >= 4 is 28.5 Å². The largest absolute Gasteiger partial charge is 0.393 e. The van der Waals surface area contributed by atoms with Gasteiger partial charge in [0.25, 0.3) is 0 Å². The number of aliphatic hydroxyl groups excluding tert-OH is 1. The van der Waals surface area contributed by atoms with Crippen LogP contribution in [0, 0.1) is 34.5 Å². The highest BCUT2D eigenvalue weighted by Crippen LogP contribution is 2.66. The van der Waals surface area contributed by atoms with Crippen LogP contribution in [0.15, 0.2) is 18.9 Å². The molecule has 196 valence electrons. The molecule has 37 heavy (non-hydrogen) atoms. The Morgan fingerprint density at radius 3 is 2.81 bits per heavy atom. The molecule has 0 bridgehead atoms. The number of nitrogens with zero attached hydrogens (tertiary/aromatic N) is 7. The van der Waals surface area contributed by atoms with E-state index in [2.05, 4.69) is 39.1 Å². The van der Waals surface area contributed by atoms with Gasteiger partial charge in [-0.15, -0.1) is 5.10 Å². The van der Waals surface area contributed by atoms with Gasteiger partial charge in [-0.1, -0.05) is 30.7 Å². The number of aromatic nitrogens is 7. The van der Waals surface area contributed by atoms with Crippen LogP contribution in [-0.4, -0.2) is 51.5 Å². The Kier molecular flexibility index (Phi) is 5.32. The third kappa shape index (κ3) is 3.45.